The summed E-state index contributed by atoms with van der Waals surface area (Å²) in [6.45, 7) is 6.79. The molecule has 0 bridgehead atoms. The van der Waals surface area contributed by atoms with E-state index in [1.807, 2.05) is 0 Å². The van der Waals surface area contributed by atoms with Crippen LogP contribution in [0.2, 0.25) is 0 Å². The zero-order valence-corrected chi connectivity index (χ0v) is 17.7. The lowest BCUT2D eigenvalue weighted by Gasteiger charge is -2.21. The van der Waals surface area contributed by atoms with Crippen LogP contribution in [-0.2, 0) is 18.3 Å². The molecule has 0 spiro atoms. The van der Waals surface area contributed by atoms with Crippen molar-refractivity contribution in [3.05, 3.63) is 81.8 Å². The molecular formula is C25H24BrN. The Kier molecular flexibility index (Phi) is 3.77. The van der Waals surface area contributed by atoms with Gasteiger partial charge in [0, 0.05) is 21.9 Å². The second kappa shape index (κ2) is 5.97. The lowest BCUT2D eigenvalue weighted by molar-refractivity contribution is 0.590. The summed E-state index contributed by atoms with van der Waals surface area (Å²) in [4.78, 5) is 2.55. The average molecular weight is 418 g/mol. The fraction of sp³-hybridized carbons (Fsp3) is 0.280. The molecule has 3 aromatic carbocycles. The van der Waals surface area contributed by atoms with E-state index in [0.717, 1.165) is 12.8 Å². The molecule has 0 aromatic heterocycles. The van der Waals surface area contributed by atoms with E-state index < -0.39 is 0 Å². The fourth-order valence-corrected chi connectivity index (χ4v) is 4.97. The number of nitrogens with zero attached hydrogens (tertiary/aromatic N) is 1. The lowest BCUT2D eigenvalue weighted by atomic mass is 9.86. The predicted molar refractivity (Wildman–Crippen MR) is 118 cm³/mol. The molecule has 1 nitrogen and oxygen atoms in total. The molecule has 2 heterocycles. The Balaban J connectivity index is 1.49. The van der Waals surface area contributed by atoms with Gasteiger partial charge in [-0.15, -0.1) is 0 Å². The third kappa shape index (κ3) is 2.82. The molecule has 2 aliphatic heterocycles. The number of hydrogen-bond donors (Lipinski definition) is 0. The highest BCUT2D eigenvalue weighted by molar-refractivity contribution is 9.10. The monoisotopic (exact) mass is 417 g/mol. The van der Waals surface area contributed by atoms with Gasteiger partial charge in [0.25, 0.3) is 0 Å². The van der Waals surface area contributed by atoms with Crippen LogP contribution in [0.25, 0.3) is 11.1 Å². The van der Waals surface area contributed by atoms with Gasteiger partial charge in [-0.3, -0.25) is 0 Å². The Morgan fingerprint density at radius 1 is 0.778 bits per heavy atom. The third-order valence-electron chi connectivity index (χ3n) is 6.00. The molecule has 1 unspecified atom stereocenters. The predicted octanol–water partition coefficient (Wildman–Crippen LogP) is 7.03. The molecule has 27 heavy (non-hydrogen) atoms. The van der Waals surface area contributed by atoms with Crippen molar-refractivity contribution in [3.8, 4) is 11.1 Å². The Labute approximate surface area is 170 Å². The average Bonchev–Trinajstić information content (AvgIpc) is 3.15. The minimum Gasteiger partial charge on any atom is -0.337 e. The van der Waals surface area contributed by atoms with Crippen molar-refractivity contribution >= 4 is 27.3 Å². The molecule has 0 N–H and O–H groups in total. The van der Waals surface area contributed by atoms with Gasteiger partial charge < -0.3 is 4.90 Å². The van der Waals surface area contributed by atoms with Crippen molar-refractivity contribution in [2.24, 2.45) is 0 Å². The molecule has 0 saturated heterocycles. The lowest BCUT2D eigenvalue weighted by Crippen LogP contribution is -2.22. The van der Waals surface area contributed by atoms with Crippen LogP contribution in [0.4, 0.5) is 11.4 Å². The van der Waals surface area contributed by atoms with Crippen LogP contribution in [0, 0.1) is 0 Å². The van der Waals surface area contributed by atoms with Crippen molar-refractivity contribution in [2.75, 3.05) is 4.90 Å². The Hall–Kier alpha value is -2.06. The molecule has 0 fully saturated rings. The number of benzene rings is 3. The quantitative estimate of drug-likeness (QED) is 0.410. The fourth-order valence-electron chi connectivity index (χ4n) is 4.56. The SMILES string of the molecule is CC(C)(C)c1ccc(-c2ccc3c(c2)CC2Cc4cc(Br)ccc4N32)cc1. The highest BCUT2D eigenvalue weighted by Gasteiger charge is 2.37. The standard InChI is InChI=1S/C25H24BrN/c1-25(2,3)20-7-4-16(5-8-20)17-6-10-23-18(12-17)14-22-15-19-13-21(26)9-11-24(19)27(22)23/h4-13,22H,14-15H2,1-3H3. The van der Waals surface area contributed by atoms with E-state index >= 15 is 0 Å². The highest BCUT2D eigenvalue weighted by Crippen LogP contribution is 2.47. The molecular weight excluding hydrogens is 394 g/mol. The summed E-state index contributed by atoms with van der Waals surface area (Å²) in [5.74, 6) is 0. The zero-order valence-electron chi connectivity index (χ0n) is 16.1. The van der Waals surface area contributed by atoms with Crippen molar-refractivity contribution < 1.29 is 0 Å². The van der Waals surface area contributed by atoms with Crippen LogP contribution in [0.15, 0.2) is 65.1 Å². The summed E-state index contributed by atoms with van der Waals surface area (Å²) < 4.78 is 1.18. The maximum Gasteiger partial charge on any atom is 0.0447 e. The van der Waals surface area contributed by atoms with Gasteiger partial charge in [0.1, 0.15) is 0 Å². The second-order valence-electron chi connectivity index (χ2n) is 8.88. The molecule has 0 aliphatic carbocycles. The van der Waals surface area contributed by atoms with Crippen LogP contribution in [0.5, 0.6) is 0 Å². The topological polar surface area (TPSA) is 3.24 Å². The Morgan fingerprint density at radius 2 is 1.37 bits per heavy atom. The van der Waals surface area contributed by atoms with E-state index in [4.69, 9.17) is 0 Å². The van der Waals surface area contributed by atoms with Crippen molar-refractivity contribution in [1.82, 2.24) is 0 Å². The molecule has 1 atom stereocenters. The third-order valence-corrected chi connectivity index (χ3v) is 6.49. The molecule has 136 valence electrons. The van der Waals surface area contributed by atoms with Crippen molar-refractivity contribution in [3.63, 3.8) is 0 Å². The molecule has 0 radical (unpaired) electrons. The second-order valence-corrected chi connectivity index (χ2v) is 9.79. The molecule has 0 saturated carbocycles. The number of anilines is 2. The first-order valence-electron chi connectivity index (χ1n) is 9.72. The number of fused-ring (bicyclic) bond motifs is 5. The van der Waals surface area contributed by atoms with Gasteiger partial charge in [-0.1, -0.05) is 67.0 Å². The number of hydrogen-bond acceptors (Lipinski definition) is 1. The molecule has 3 aromatic rings. The molecule has 2 aliphatic rings. The van der Waals surface area contributed by atoms with E-state index in [0.29, 0.717) is 6.04 Å². The van der Waals surface area contributed by atoms with Gasteiger partial charge in [0.2, 0.25) is 0 Å². The Bertz CT molecular complexity index is 1030. The first-order valence-corrected chi connectivity index (χ1v) is 10.5. The van der Waals surface area contributed by atoms with E-state index in [-0.39, 0.29) is 5.41 Å². The van der Waals surface area contributed by atoms with Crippen molar-refractivity contribution in [2.45, 2.75) is 45.1 Å². The maximum absolute atomic E-state index is 3.61. The molecule has 0 amide bonds. The summed E-state index contributed by atoms with van der Waals surface area (Å²) in [7, 11) is 0. The van der Waals surface area contributed by atoms with Gasteiger partial charge in [-0.2, -0.15) is 0 Å². The Morgan fingerprint density at radius 3 is 2.04 bits per heavy atom. The summed E-state index contributed by atoms with van der Waals surface area (Å²) in [5, 5.41) is 0. The first kappa shape index (κ1) is 17.1. The highest BCUT2D eigenvalue weighted by atomic mass is 79.9. The summed E-state index contributed by atoms with van der Waals surface area (Å²) in [6.07, 6.45) is 2.27. The first-order chi connectivity index (χ1) is 12.9. The van der Waals surface area contributed by atoms with Crippen LogP contribution in [-0.4, -0.2) is 6.04 Å². The number of halogens is 1. The molecule has 2 heteroatoms. The minimum atomic E-state index is 0.198. The van der Waals surface area contributed by atoms with Crippen LogP contribution >= 0.6 is 15.9 Å². The van der Waals surface area contributed by atoms with Gasteiger partial charge >= 0.3 is 0 Å². The zero-order chi connectivity index (χ0) is 18.8. The summed E-state index contributed by atoms with van der Waals surface area (Å²) in [6, 6.07) is 23.3. The van der Waals surface area contributed by atoms with Crippen LogP contribution < -0.4 is 4.90 Å². The normalized spacial score (nSPS) is 17.6. The van der Waals surface area contributed by atoms with Crippen molar-refractivity contribution in [1.29, 1.82) is 0 Å². The number of rotatable bonds is 1. The maximum atomic E-state index is 3.61. The van der Waals surface area contributed by atoms with E-state index in [1.165, 1.54) is 43.7 Å². The molecule has 5 rings (SSSR count). The van der Waals surface area contributed by atoms with Gasteiger partial charge in [-0.05, 0) is 76.4 Å². The van der Waals surface area contributed by atoms with Crippen LogP contribution in [0.1, 0.15) is 37.5 Å². The van der Waals surface area contributed by atoms with Gasteiger partial charge in [-0.25, -0.2) is 0 Å². The smallest absolute Gasteiger partial charge is 0.0447 e. The summed E-state index contributed by atoms with van der Waals surface area (Å²) >= 11 is 3.61. The minimum absolute atomic E-state index is 0.198. The largest absolute Gasteiger partial charge is 0.337 e. The van der Waals surface area contributed by atoms with E-state index in [1.54, 1.807) is 0 Å². The van der Waals surface area contributed by atoms with Gasteiger partial charge in [0.15, 0.2) is 0 Å². The van der Waals surface area contributed by atoms with Gasteiger partial charge in [0.05, 0.1) is 0 Å². The van der Waals surface area contributed by atoms with E-state index in [9.17, 15) is 0 Å². The van der Waals surface area contributed by atoms with Crippen LogP contribution in [0.3, 0.4) is 0 Å². The van der Waals surface area contributed by atoms with E-state index in [2.05, 4.69) is 102 Å². The summed E-state index contributed by atoms with van der Waals surface area (Å²) in [5.41, 5.74) is 9.92.